The van der Waals surface area contributed by atoms with Gasteiger partial charge in [0.15, 0.2) is 0 Å². The molecule has 0 amide bonds. The van der Waals surface area contributed by atoms with Gasteiger partial charge in [0.25, 0.3) is 0 Å². The zero-order valence-electron chi connectivity index (χ0n) is 14.9. The number of aryl methyl sites for hydroxylation is 1. The predicted octanol–water partition coefficient (Wildman–Crippen LogP) is 4.99. The molecule has 0 aliphatic carbocycles. The molecule has 1 fully saturated rings. The van der Waals surface area contributed by atoms with Gasteiger partial charge in [-0.25, -0.2) is 4.98 Å². The third-order valence-corrected chi connectivity index (χ3v) is 5.57. The molecule has 138 valence electrons. The second-order valence-electron chi connectivity index (χ2n) is 6.38. The van der Waals surface area contributed by atoms with Crippen LogP contribution in [-0.2, 0) is 11.3 Å². The maximum atomic E-state index is 6.09. The summed E-state index contributed by atoms with van der Waals surface area (Å²) in [5.41, 5.74) is 10.0. The van der Waals surface area contributed by atoms with Crippen molar-refractivity contribution in [1.82, 2.24) is 4.98 Å². The van der Waals surface area contributed by atoms with E-state index in [1.165, 1.54) is 11.1 Å². The van der Waals surface area contributed by atoms with E-state index in [0.717, 1.165) is 48.5 Å². The van der Waals surface area contributed by atoms with Crippen LogP contribution in [0.15, 0.2) is 41.8 Å². The van der Waals surface area contributed by atoms with Crippen molar-refractivity contribution in [3.05, 3.63) is 58.1 Å². The number of thiophene rings is 1. The van der Waals surface area contributed by atoms with Gasteiger partial charge in [-0.1, -0.05) is 41.9 Å². The Labute approximate surface area is 163 Å². The average molecular weight is 390 g/mol. The molecule has 0 spiro atoms. The lowest BCUT2D eigenvalue weighted by atomic mass is 10.1. The van der Waals surface area contributed by atoms with Crippen LogP contribution in [0.4, 0.5) is 5.69 Å². The number of hydrogen-bond donors (Lipinski definition) is 2. The van der Waals surface area contributed by atoms with Gasteiger partial charge in [-0.2, -0.15) is 0 Å². The minimum atomic E-state index is 0.411. The van der Waals surface area contributed by atoms with E-state index in [2.05, 4.69) is 34.7 Å². The van der Waals surface area contributed by atoms with E-state index in [1.54, 1.807) is 11.3 Å². The zero-order chi connectivity index (χ0) is 18.4. The molecule has 4 rings (SSSR count). The molecular weight excluding hydrogens is 366 g/mol. The maximum Gasteiger partial charge on any atom is 0.131 e. The standard InChI is InChI=1S/C15H13ClN2S.C5H11NO/c1-10-9-19-15-12(7-13(16)18-14(10)15)17-8-11-5-3-2-4-6-11;6-5-1-3-7-4-2-5/h2-7,9H,8H2,1H3,(H,17,18);5H,1-4,6H2. The molecule has 26 heavy (non-hydrogen) atoms. The lowest BCUT2D eigenvalue weighted by Gasteiger charge is -2.16. The van der Waals surface area contributed by atoms with E-state index < -0.39 is 0 Å². The first-order chi connectivity index (χ1) is 12.6. The van der Waals surface area contributed by atoms with Crippen LogP contribution in [0, 0.1) is 6.92 Å². The van der Waals surface area contributed by atoms with Gasteiger partial charge in [-0.05, 0) is 36.3 Å². The molecule has 1 aromatic carbocycles. The maximum absolute atomic E-state index is 6.09. The van der Waals surface area contributed by atoms with Crippen LogP contribution in [0.2, 0.25) is 5.15 Å². The van der Waals surface area contributed by atoms with E-state index in [1.807, 2.05) is 24.3 Å². The Hall–Kier alpha value is -1.66. The molecule has 1 aliphatic rings. The number of nitrogens with one attached hydrogen (secondary N) is 1. The molecule has 0 bridgehead atoms. The van der Waals surface area contributed by atoms with E-state index >= 15 is 0 Å². The first-order valence-electron chi connectivity index (χ1n) is 8.79. The average Bonchev–Trinajstić information content (AvgIpc) is 3.03. The van der Waals surface area contributed by atoms with Gasteiger partial charge >= 0.3 is 0 Å². The van der Waals surface area contributed by atoms with Crippen LogP contribution in [-0.4, -0.2) is 24.2 Å². The molecule has 2 aromatic heterocycles. The quantitative estimate of drug-likeness (QED) is 0.619. The number of aromatic nitrogens is 1. The number of ether oxygens (including phenoxy) is 1. The second kappa shape index (κ2) is 9.33. The van der Waals surface area contributed by atoms with Crippen LogP contribution in [0.1, 0.15) is 24.0 Å². The van der Waals surface area contributed by atoms with E-state index in [9.17, 15) is 0 Å². The van der Waals surface area contributed by atoms with Gasteiger partial charge in [0.1, 0.15) is 5.15 Å². The summed E-state index contributed by atoms with van der Waals surface area (Å²) in [6, 6.07) is 12.6. The Morgan fingerprint density at radius 3 is 2.65 bits per heavy atom. The van der Waals surface area contributed by atoms with Crippen LogP contribution in [0.25, 0.3) is 10.2 Å². The Morgan fingerprint density at radius 2 is 2.00 bits per heavy atom. The number of pyridine rings is 1. The molecule has 0 unspecified atom stereocenters. The first kappa shape index (κ1) is 19.1. The molecule has 4 nitrogen and oxygen atoms in total. The highest BCUT2D eigenvalue weighted by atomic mass is 35.5. The molecular formula is C20H24ClN3OS. The van der Waals surface area contributed by atoms with Crippen LogP contribution < -0.4 is 11.1 Å². The highest BCUT2D eigenvalue weighted by Crippen LogP contribution is 2.32. The smallest absolute Gasteiger partial charge is 0.131 e. The van der Waals surface area contributed by atoms with Gasteiger partial charge in [-0.15, -0.1) is 11.3 Å². The normalized spacial score (nSPS) is 14.7. The number of benzene rings is 1. The highest BCUT2D eigenvalue weighted by molar-refractivity contribution is 7.18. The van der Waals surface area contributed by atoms with Gasteiger partial charge in [0.2, 0.25) is 0 Å². The van der Waals surface area contributed by atoms with E-state index in [-0.39, 0.29) is 0 Å². The van der Waals surface area contributed by atoms with Crippen molar-refractivity contribution >= 4 is 38.8 Å². The number of anilines is 1. The molecule has 1 saturated heterocycles. The fourth-order valence-corrected chi connectivity index (χ4v) is 3.91. The predicted molar refractivity (Wildman–Crippen MR) is 111 cm³/mol. The largest absolute Gasteiger partial charge is 0.381 e. The molecule has 1 aliphatic heterocycles. The monoisotopic (exact) mass is 389 g/mol. The highest BCUT2D eigenvalue weighted by Gasteiger charge is 2.09. The fraction of sp³-hybridized carbons (Fsp3) is 0.350. The minimum Gasteiger partial charge on any atom is -0.381 e. The second-order valence-corrected chi connectivity index (χ2v) is 7.64. The van der Waals surface area contributed by atoms with E-state index in [4.69, 9.17) is 22.1 Å². The summed E-state index contributed by atoms with van der Waals surface area (Å²) in [7, 11) is 0. The summed E-state index contributed by atoms with van der Waals surface area (Å²) >= 11 is 7.79. The number of nitrogens with zero attached hydrogens (tertiary/aromatic N) is 1. The summed E-state index contributed by atoms with van der Waals surface area (Å²) < 4.78 is 6.22. The third-order valence-electron chi connectivity index (χ3n) is 4.26. The number of hydrogen-bond acceptors (Lipinski definition) is 5. The Balaban J connectivity index is 0.000000236. The molecule has 0 radical (unpaired) electrons. The minimum absolute atomic E-state index is 0.411. The van der Waals surface area contributed by atoms with Crippen molar-refractivity contribution in [2.24, 2.45) is 5.73 Å². The summed E-state index contributed by atoms with van der Waals surface area (Å²) in [4.78, 5) is 4.39. The molecule has 0 atom stereocenters. The Morgan fingerprint density at radius 1 is 1.27 bits per heavy atom. The summed E-state index contributed by atoms with van der Waals surface area (Å²) in [5.74, 6) is 0. The van der Waals surface area contributed by atoms with Gasteiger partial charge in [0.05, 0.1) is 15.9 Å². The molecule has 3 heterocycles. The third kappa shape index (κ3) is 5.17. The van der Waals surface area contributed by atoms with Gasteiger partial charge in [0, 0.05) is 31.9 Å². The van der Waals surface area contributed by atoms with Gasteiger partial charge < -0.3 is 15.8 Å². The number of halogens is 1. The SMILES string of the molecule is Cc1csc2c(NCc3ccccc3)cc(Cl)nc12.NC1CCOCC1. The van der Waals surface area contributed by atoms with Crippen LogP contribution in [0.3, 0.4) is 0 Å². The van der Waals surface area contributed by atoms with Crippen molar-refractivity contribution in [1.29, 1.82) is 0 Å². The van der Waals surface area contributed by atoms with Crippen molar-refractivity contribution < 1.29 is 4.74 Å². The number of rotatable bonds is 3. The number of fused-ring (bicyclic) bond motifs is 1. The van der Waals surface area contributed by atoms with Gasteiger partial charge in [-0.3, -0.25) is 0 Å². The molecule has 3 N–H and O–H groups in total. The van der Waals surface area contributed by atoms with Crippen LogP contribution in [0.5, 0.6) is 0 Å². The summed E-state index contributed by atoms with van der Waals surface area (Å²) in [5, 5.41) is 6.09. The number of nitrogens with two attached hydrogens (primary N) is 1. The molecule has 3 aromatic rings. The van der Waals surface area contributed by atoms with Crippen molar-refractivity contribution in [2.45, 2.75) is 32.4 Å². The zero-order valence-corrected chi connectivity index (χ0v) is 16.4. The summed E-state index contributed by atoms with van der Waals surface area (Å²) in [6.07, 6.45) is 2.08. The van der Waals surface area contributed by atoms with Crippen molar-refractivity contribution in [3.63, 3.8) is 0 Å². The van der Waals surface area contributed by atoms with Crippen molar-refractivity contribution in [2.75, 3.05) is 18.5 Å². The van der Waals surface area contributed by atoms with E-state index in [0.29, 0.717) is 11.2 Å². The van der Waals surface area contributed by atoms with Crippen LogP contribution >= 0.6 is 22.9 Å². The summed E-state index contributed by atoms with van der Waals surface area (Å²) in [6.45, 7) is 4.57. The molecule has 0 saturated carbocycles. The lowest BCUT2D eigenvalue weighted by Crippen LogP contribution is -2.28. The fourth-order valence-electron chi connectivity index (χ4n) is 2.73. The Bertz CT molecular complexity index is 832. The first-order valence-corrected chi connectivity index (χ1v) is 10.0. The topological polar surface area (TPSA) is 60.2 Å². The van der Waals surface area contributed by atoms with Crippen molar-refractivity contribution in [3.8, 4) is 0 Å². The Kier molecular flexibility index (Phi) is 6.86. The lowest BCUT2D eigenvalue weighted by molar-refractivity contribution is 0.0866. The molecule has 6 heteroatoms.